The molecular formula is C17H32N2O. The number of nitrogens with one attached hydrogen (secondary N) is 1. The third-order valence-corrected chi connectivity index (χ3v) is 5.45. The minimum absolute atomic E-state index is 0.225. The van der Waals surface area contributed by atoms with Crippen molar-refractivity contribution in [2.75, 3.05) is 0 Å². The number of rotatable bonds is 5. The lowest BCUT2D eigenvalue weighted by molar-refractivity contribution is -0.136. The summed E-state index contributed by atoms with van der Waals surface area (Å²) in [6, 6.07) is 0.384. The Labute approximate surface area is 124 Å². The van der Waals surface area contributed by atoms with E-state index in [-0.39, 0.29) is 11.7 Å². The highest BCUT2D eigenvalue weighted by atomic mass is 16.2. The van der Waals surface area contributed by atoms with E-state index in [1.54, 1.807) is 0 Å². The Morgan fingerprint density at radius 1 is 1.30 bits per heavy atom. The Morgan fingerprint density at radius 3 is 2.40 bits per heavy atom. The van der Waals surface area contributed by atoms with Crippen molar-refractivity contribution in [1.29, 1.82) is 0 Å². The zero-order chi connectivity index (χ0) is 14.9. The second-order valence-electron chi connectivity index (χ2n) is 7.47. The van der Waals surface area contributed by atoms with Crippen LogP contribution in [0.2, 0.25) is 0 Å². The predicted molar refractivity (Wildman–Crippen MR) is 83.3 cm³/mol. The third kappa shape index (κ3) is 2.88. The molecule has 1 N–H and O–H groups in total. The molecule has 2 aliphatic rings. The van der Waals surface area contributed by atoms with Gasteiger partial charge in [0.2, 0.25) is 5.91 Å². The molecule has 1 heterocycles. The molecule has 2 rings (SSSR count). The van der Waals surface area contributed by atoms with E-state index in [1.165, 1.54) is 25.7 Å². The summed E-state index contributed by atoms with van der Waals surface area (Å²) in [6.45, 7) is 10.9. The second-order valence-corrected chi connectivity index (χ2v) is 7.47. The summed E-state index contributed by atoms with van der Waals surface area (Å²) in [7, 11) is 0. The van der Waals surface area contributed by atoms with Crippen molar-refractivity contribution in [3.05, 3.63) is 0 Å². The van der Waals surface area contributed by atoms with Crippen LogP contribution in [0.1, 0.15) is 73.1 Å². The number of carbonyl (C=O) groups is 1. The molecule has 2 fully saturated rings. The highest BCUT2D eigenvalue weighted by molar-refractivity contribution is 5.88. The van der Waals surface area contributed by atoms with E-state index in [4.69, 9.17) is 0 Å². The molecule has 3 atom stereocenters. The van der Waals surface area contributed by atoms with Gasteiger partial charge in [0.15, 0.2) is 0 Å². The fraction of sp³-hybridized carbons (Fsp3) is 0.941. The van der Waals surface area contributed by atoms with Crippen LogP contribution in [-0.4, -0.2) is 28.6 Å². The minimum Gasteiger partial charge on any atom is -0.323 e. The number of nitrogens with zero attached hydrogens (tertiary/aromatic N) is 1. The summed E-state index contributed by atoms with van der Waals surface area (Å²) in [5, 5.41) is 3.63. The first-order valence-electron chi connectivity index (χ1n) is 8.49. The van der Waals surface area contributed by atoms with E-state index >= 15 is 0 Å². The molecule has 1 amide bonds. The van der Waals surface area contributed by atoms with E-state index in [2.05, 4.69) is 44.8 Å². The quantitative estimate of drug-likeness (QED) is 0.835. The molecule has 1 aliphatic heterocycles. The molecule has 0 bridgehead atoms. The number of hydrogen-bond acceptors (Lipinski definition) is 2. The molecule has 1 saturated carbocycles. The monoisotopic (exact) mass is 280 g/mol. The third-order valence-electron chi connectivity index (χ3n) is 5.45. The fourth-order valence-electron chi connectivity index (χ4n) is 3.93. The van der Waals surface area contributed by atoms with Crippen LogP contribution in [0.3, 0.4) is 0 Å². The van der Waals surface area contributed by atoms with Gasteiger partial charge in [-0.25, -0.2) is 0 Å². The van der Waals surface area contributed by atoms with Gasteiger partial charge in [0.1, 0.15) is 0 Å². The van der Waals surface area contributed by atoms with E-state index in [0.717, 1.165) is 12.8 Å². The molecule has 1 saturated heterocycles. The van der Waals surface area contributed by atoms with E-state index < -0.39 is 0 Å². The lowest BCUT2D eigenvalue weighted by Gasteiger charge is -2.35. The van der Waals surface area contributed by atoms with Gasteiger partial charge in [-0.1, -0.05) is 33.6 Å². The Hall–Kier alpha value is -0.570. The summed E-state index contributed by atoms with van der Waals surface area (Å²) in [4.78, 5) is 15.1. The zero-order valence-electron chi connectivity index (χ0n) is 13.9. The Morgan fingerprint density at radius 2 is 1.90 bits per heavy atom. The molecule has 3 heteroatoms. The first-order valence-corrected chi connectivity index (χ1v) is 8.49. The molecule has 0 aromatic heterocycles. The summed E-state index contributed by atoms with van der Waals surface area (Å²) >= 11 is 0. The van der Waals surface area contributed by atoms with Gasteiger partial charge in [-0.2, -0.15) is 0 Å². The SMILES string of the molecule is CCC1(C)NC(CC(C)C)N(C(C)C2CCCC2)C1=O. The Bertz CT molecular complexity index is 349. The minimum atomic E-state index is -0.355. The molecule has 0 spiro atoms. The largest absolute Gasteiger partial charge is 0.323 e. The van der Waals surface area contributed by atoms with Gasteiger partial charge in [-0.15, -0.1) is 0 Å². The topological polar surface area (TPSA) is 32.3 Å². The van der Waals surface area contributed by atoms with Crippen LogP contribution in [0.15, 0.2) is 0 Å². The number of amides is 1. The molecule has 3 unspecified atom stereocenters. The van der Waals surface area contributed by atoms with Crippen molar-refractivity contribution < 1.29 is 4.79 Å². The molecule has 20 heavy (non-hydrogen) atoms. The standard InChI is InChI=1S/C17H32N2O/c1-6-17(5)16(20)19(15(18-17)11-12(2)3)13(4)14-9-7-8-10-14/h12-15,18H,6-11H2,1-5H3. The Balaban J connectivity index is 2.18. The van der Waals surface area contributed by atoms with E-state index in [1.807, 2.05) is 0 Å². The molecule has 1 aliphatic carbocycles. The van der Waals surface area contributed by atoms with Gasteiger partial charge >= 0.3 is 0 Å². The summed E-state index contributed by atoms with van der Waals surface area (Å²) in [5.41, 5.74) is -0.355. The van der Waals surface area contributed by atoms with Gasteiger partial charge in [0, 0.05) is 6.04 Å². The summed E-state index contributed by atoms with van der Waals surface area (Å²) in [5.74, 6) is 1.64. The van der Waals surface area contributed by atoms with E-state index in [9.17, 15) is 4.79 Å². The molecule has 0 aromatic rings. The maximum atomic E-state index is 12.9. The highest BCUT2D eigenvalue weighted by Gasteiger charge is 2.49. The van der Waals surface area contributed by atoms with Crippen LogP contribution in [0.25, 0.3) is 0 Å². The molecule has 0 radical (unpaired) electrons. The van der Waals surface area contributed by atoms with Gasteiger partial charge < -0.3 is 4.90 Å². The van der Waals surface area contributed by atoms with Crippen molar-refractivity contribution in [2.24, 2.45) is 11.8 Å². The molecule has 116 valence electrons. The number of hydrogen-bond donors (Lipinski definition) is 1. The van der Waals surface area contributed by atoms with Crippen LogP contribution in [0.4, 0.5) is 0 Å². The van der Waals surface area contributed by atoms with Crippen LogP contribution >= 0.6 is 0 Å². The maximum absolute atomic E-state index is 12.9. The first kappa shape index (κ1) is 15.8. The highest BCUT2D eigenvalue weighted by Crippen LogP contribution is 2.36. The lowest BCUT2D eigenvalue weighted by Crippen LogP contribution is -2.47. The number of carbonyl (C=O) groups excluding carboxylic acids is 1. The predicted octanol–water partition coefficient (Wildman–Crippen LogP) is 3.54. The van der Waals surface area contributed by atoms with Gasteiger partial charge in [-0.05, 0) is 51.4 Å². The van der Waals surface area contributed by atoms with Crippen molar-refractivity contribution in [2.45, 2.75) is 90.9 Å². The lowest BCUT2D eigenvalue weighted by atomic mass is 9.95. The van der Waals surface area contributed by atoms with Crippen molar-refractivity contribution in [3.8, 4) is 0 Å². The molecular weight excluding hydrogens is 248 g/mol. The van der Waals surface area contributed by atoms with Gasteiger partial charge in [-0.3, -0.25) is 10.1 Å². The average molecular weight is 280 g/mol. The Kier molecular flexibility index (Phi) is 4.78. The molecule has 0 aromatic carbocycles. The fourth-order valence-corrected chi connectivity index (χ4v) is 3.93. The zero-order valence-corrected chi connectivity index (χ0v) is 13.9. The first-order chi connectivity index (χ1) is 9.39. The van der Waals surface area contributed by atoms with Crippen molar-refractivity contribution >= 4 is 5.91 Å². The summed E-state index contributed by atoms with van der Waals surface area (Å²) < 4.78 is 0. The molecule has 3 nitrogen and oxygen atoms in total. The average Bonchev–Trinajstić information content (AvgIpc) is 2.97. The van der Waals surface area contributed by atoms with Crippen LogP contribution in [0.5, 0.6) is 0 Å². The smallest absolute Gasteiger partial charge is 0.244 e. The van der Waals surface area contributed by atoms with Crippen LogP contribution in [0, 0.1) is 11.8 Å². The van der Waals surface area contributed by atoms with Gasteiger partial charge in [0.05, 0.1) is 11.7 Å². The maximum Gasteiger partial charge on any atom is 0.244 e. The van der Waals surface area contributed by atoms with E-state index in [0.29, 0.717) is 23.8 Å². The second kappa shape index (κ2) is 6.05. The van der Waals surface area contributed by atoms with Crippen LogP contribution in [-0.2, 0) is 4.79 Å². The van der Waals surface area contributed by atoms with Crippen LogP contribution < -0.4 is 5.32 Å². The van der Waals surface area contributed by atoms with Crippen molar-refractivity contribution in [1.82, 2.24) is 10.2 Å². The summed E-state index contributed by atoms with van der Waals surface area (Å²) in [6.07, 6.45) is 7.41. The normalized spacial score (nSPS) is 33.4. The van der Waals surface area contributed by atoms with Crippen molar-refractivity contribution in [3.63, 3.8) is 0 Å². The van der Waals surface area contributed by atoms with Gasteiger partial charge in [0.25, 0.3) is 0 Å².